The van der Waals surface area contributed by atoms with Crippen molar-refractivity contribution in [1.82, 2.24) is 0 Å². The van der Waals surface area contributed by atoms with Crippen LogP contribution in [0, 0.1) is 5.92 Å². The van der Waals surface area contributed by atoms with E-state index in [0.717, 1.165) is 4.47 Å². The van der Waals surface area contributed by atoms with Crippen LogP contribution in [0.1, 0.15) is 34.6 Å². The molecule has 2 rings (SSSR count). The SMILES string of the molecule is COc1ccc(C(=O)CNc2cccc(C(=O)OCC(C)C)c2)cc1Br. The number of methoxy groups -OCH3 is 1. The minimum Gasteiger partial charge on any atom is -0.496 e. The summed E-state index contributed by atoms with van der Waals surface area (Å²) in [4.78, 5) is 24.4. The van der Waals surface area contributed by atoms with Gasteiger partial charge < -0.3 is 14.8 Å². The van der Waals surface area contributed by atoms with Gasteiger partial charge in [-0.3, -0.25) is 4.79 Å². The average molecular weight is 420 g/mol. The van der Waals surface area contributed by atoms with Crippen molar-refractivity contribution in [3.63, 3.8) is 0 Å². The van der Waals surface area contributed by atoms with Crippen LogP contribution in [0.3, 0.4) is 0 Å². The van der Waals surface area contributed by atoms with Gasteiger partial charge in [-0.15, -0.1) is 0 Å². The minimum atomic E-state index is -0.368. The Bertz CT molecular complexity index is 789. The summed E-state index contributed by atoms with van der Waals surface area (Å²) in [5.41, 5.74) is 1.71. The Kier molecular flexibility index (Phi) is 7.21. The Hall–Kier alpha value is -2.34. The van der Waals surface area contributed by atoms with E-state index in [1.165, 1.54) is 0 Å². The predicted octanol–water partition coefficient (Wildman–Crippen LogP) is 4.57. The Labute approximate surface area is 161 Å². The van der Waals surface area contributed by atoms with Gasteiger partial charge in [0.2, 0.25) is 0 Å². The molecule has 0 amide bonds. The van der Waals surface area contributed by atoms with E-state index < -0.39 is 0 Å². The lowest BCUT2D eigenvalue weighted by molar-refractivity contribution is 0.0459. The van der Waals surface area contributed by atoms with Crippen molar-refractivity contribution in [3.05, 3.63) is 58.1 Å². The molecule has 138 valence electrons. The standard InChI is InChI=1S/C20H22BrNO4/c1-13(2)12-26-20(24)15-5-4-6-16(9-15)22-11-18(23)14-7-8-19(25-3)17(21)10-14/h4-10,13,22H,11-12H2,1-3H3. The molecule has 5 nitrogen and oxygen atoms in total. The van der Waals surface area contributed by atoms with E-state index in [4.69, 9.17) is 9.47 Å². The van der Waals surface area contributed by atoms with Gasteiger partial charge in [0.05, 0.1) is 30.3 Å². The first-order valence-corrected chi connectivity index (χ1v) is 9.07. The van der Waals surface area contributed by atoms with E-state index in [0.29, 0.717) is 29.2 Å². The van der Waals surface area contributed by atoms with Gasteiger partial charge in [0.25, 0.3) is 0 Å². The molecule has 2 aromatic carbocycles. The van der Waals surface area contributed by atoms with Gasteiger partial charge >= 0.3 is 5.97 Å². The molecule has 0 saturated carbocycles. The highest BCUT2D eigenvalue weighted by atomic mass is 79.9. The van der Waals surface area contributed by atoms with E-state index in [1.54, 1.807) is 49.6 Å². The van der Waals surface area contributed by atoms with Gasteiger partial charge in [0, 0.05) is 11.3 Å². The van der Waals surface area contributed by atoms with Crippen molar-refractivity contribution in [2.75, 3.05) is 25.6 Å². The fourth-order valence-electron chi connectivity index (χ4n) is 2.21. The van der Waals surface area contributed by atoms with Crippen molar-refractivity contribution in [2.24, 2.45) is 5.92 Å². The third-order valence-corrected chi connectivity index (χ3v) is 4.19. The van der Waals surface area contributed by atoms with Gasteiger partial charge in [-0.2, -0.15) is 0 Å². The lowest BCUT2D eigenvalue weighted by atomic mass is 10.1. The van der Waals surface area contributed by atoms with Crippen molar-refractivity contribution in [3.8, 4) is 5.75 Å². The molecule has 6 heteroatoms. The van der Waals surface area contributed by atoms with E-state index in [1.807, 2.05) is 13.8 Å². The Morgan fingerprint density at radius 1 is 1.12 bits per heavy atom. The second-order valence-corrected chi connectivity index (χ2v) is 7.05. The first kappa shape index (κ1) is 20.0. The van der Waals surface area contributed by atoms with Crippen molar-refractivity contribution < 1.29 is 19.1 Å². The normalized spacial score (nSPS) is 10.5. The number of carbonyl (C=O) groups excluding carboxylic acids is 2. The van der Waals surface area contributed by atoms with E-state index in [-0.39, 0.29) is 24.2 Å². The summed E-state index contributed by atoms with van der Waals surface area (Å²) in [6, 6.07) is 12.1. The Morgan fingerprint density at radius 2 is 1.88 bits per heavy atom. The third-order valence-electron chi connectivity index (χ3n) is 3.57. The molecule has 0 atom stereocenters. The van der Waals surface area contributed by atoms with Crippen LogP contribution >= 0.6 is 15.9 Å². The lowest BCUT2D eigenvalue weighted by Gasteiger charge is -2.10. The molecular weight excluding hydrogens is 398 g/mol. The fourth-order valence-corrected chi connectivity index (χ4v) is 2.75. The Balaban J connectivity index is 1.98. The Morgan fingerprint density at radius 3 is 2.54 bits per heavy atom. The highest BCUT2D eigenvalue weighted by molar-refractivity contribution is 9.10. The maximum Gasteiger partial charge on any atom is 0.338 e. The number of benzene rings is 2. The van der Waals surface area contributed by atoms with Crippen LogP contribution in [0.15, 0.2) is 46.9 Å². The summed E-state index contributed by atoms with van der Waals surface area (Å²) < 4.78 is 11.1. The molecule has 1 N–H and O–H groups in total. The topological polar surface area (TPSA) is 64.6 Å². The molecule has 0 aliphatic heterocycles. The number of nitrogens with one attached hydrogen (secondary N) is 1. The largest absolute Gasteiger partial charge is 0.496 e. The van der Waals surface area contributed by atoms with Gasteiger partial charge in [0.15, 0.2) is 5.78 Å². The zero-order valence-corrected chi connectivity index (χ0v) is 16.6. The zero-order valence-electron chi connectivity index (χ0n) is 15.0. The van der Waals surface area contributed by atoms with Gasteiger partial charge in [-0.1, -0.05) is 19.9 Å². The molecule has 0 aromatic heterocycles. The highest BCUT2D eigenvalue weighted by Gasteiger charge is 2.11. The number of ether oxygens (including phenoxy) is 2. The van der Waals surface area contributed by atoms with Crippen molar-refractivity contribution in [1.29, 1.82) is 0 Å². The average Bonchev–Trinajstić information content (AvgIpc) is 2.64. The van der Waals surface area contributed by atoms with Gasteiger partial charge in [-0.25, -0.2) is 4.79 Å². The molecule has 0 spiro atoms. The number of carbonyl (C=O) groups is 2. The summed E-state index contributed by atoms with van der Waals surface area (Å²) in [6.07, 6.45) is 0. The molecule has 26 heavy (non-hydrogen) atoms. The number of Topliss-reactive ketones (excluding diaryl/α,β-unsaturated/α-hetero) is 1. The molecule has 0 unspecified atom stereocenters. The van der Waals surface area contributed by atoms with Crippen LogP contribution in [-0.4, -0.2) is 32.0 Å². The highest BCUT2D eigenvalue weighted by Crippen LogP contribution is 2.25. The van der Waals surface area contributed by atoms with Crippen molar-refractivity contribution >= 4 is 33.4 Å². The van der Waals surface area contributed by atoms with Crippen LogP contribution in [0.25, 0.3) is 0 Å². The number of esters is 1. The molecule has 0 aliphatic rings. The van der Waals surface area contributed by atoms with Crippen LogP contribution in [0.2, 0.25) is 0 Å². The summed E-state index contributed by atoms with van der Waals surface area (Å²) in [6.45, 7) is 4.45. The molecule has 0 fully saturated rings. The fraction of sp³-hybridized carbons (Fsp3) is 0.300. The lowest BCUT2D eigenvalue weighted by Crippen LogP contribution is -2.15. The minimum absolute atomic E-state index is 0.0684. The van der Waals surface area contributed by atoms with E-state index in [2.05, 4.69) is 21.2 Å². The number of ketones is 1. The van der Waals surface area contributed by atoms with Crippen molar-refractivity contribution in [2.45, 2.75) is 13.8 Å². The molecule has 2 aromatic rings. The van der Waals surface area contributed by atoms with E-state index >= 15 is 0 Å². The van der Waals surface area contributed by atoms with E-state index in [9.17, 15) is 9.59 Å². The second kappa shape index (κ2) is 9.38. The summed E-state index contributed by atoms with van der Waals surface area (Å²) in [5, 5.41) is 3.05. The molecule has 0 heterocycles. The molecule has 0 radical (unpaired) electrons. The van der Waals surface area contributed by atoms with Crippen LogP contribution < -0.4 is 10.1 Å². The van der Waals surface area contributed by atoms with Crippen LogP contribution in [0.4, 0.5) is 5.69 Å². The monoisotopic (exact) mass is 419 g/mol. The number of rotatable bonds is 8. The summed E-state index contributed by atoms with van der Waals surface area (Å²) in [7, 11) is 1.57. The molecule has 0 aliphatic carbocycles. The van der Waals surface area contributed by atoms with Crippen LogP contribution in [-0.2, 0) is 4.74 Å². The predicted molar refractivity (Wildman–Crippen MR) is 105 cm³/mol. The maximum atomic E-state index is 12.4. The van der Waals surface area contributed by atoms with Gasteiger partial charge in [-0.05, 0) is 58.2 Å². The number of hydrogen-bond donors (Lipinski definition) is 1. The number of halogens is 1. The summed E-state index contributed by atoms with van der Waals surface area (Å²) in [5.74, 6) is 0.512. The second-order valence-electron chi connectivity index (χ2n) is 6.20. The molecular formula is C20H22BrNO4. The molecule has 0 bridgehead atoms. The third kappa shape index (κ3) is 5.59. The zero-order chi connectivity index (χ0) is 19.1. The smallest absolute Gasteiger partial charge is 0.338 e. The number of anilines is 1. The summed E-state index contributed by atoms with van der Waals surface area (Å²) >= 11 is 3.37. The molecule has 0 saturated heterocycles. The number of hydrogen-bond acceptors (Lipinski definition) is 5. The van der Waals surface area contributed by atoms with Gasteiger partial charge in [0.1, 0.15) is 5.75 Å². The first-order chi connectivity index (χ1) is 12.4. The first-order valence-electron chi connectivity index (χ1n) is 8.28. The van der Waals surface area contributed by atoms with Crippen LogP contribution in [0.5, 0.6) is 5.75 Å². The maximum absolute atomic E-state index is 12.4. The quantitative estimate of drug-likeness (QED) is 0.501.